The summed E-state index contributed by atoms with van der Waals surface area (Å²) < 4.78 is 29.1. The van der Waals surface area contributed by atoms with Crippen LogP contribution in [0.25, 0.3) is 21.5 Å². The summed E-state index contributed by atoms with van der Waals surface area (Å²) in [6, 6.07) is 17.1. The zero-order valence-electron chi connectivity index (χ0n) is 15.2. The van der Waals surface area contributed by atoms with Crippen molar-refractivity contribution in [2.24, 2.45) is 0 Å². The molecule has 0 aromatic heterocycles. The van der Waals surface area contributed by atoms with Crippen LogP contribution in [-0.2, 0) is 10.0 Å². The van der Waals surface area contributed by atoms with Crippen LogP contribution in [0.4, 0.5) is 17.1 Å². The second-order valence-electron chi connectivity index (χ2n) is 6.83. The monoisotopic (exact) mass is 419 g/mol. The Hall–Kier alpha value is -3.98. The first-order valence-electron chi connectivity index (χ1n) is 8.93. The van der Waals surface area contributed by atoms with E-state index in [9.17, 15) is 23.3 Å². The number of nitro benzene ring substituents is 1. The minimum absolute atomic E-state index is 0.0158. The van der Waals surface area contributed by atoms with Crippen LogP contribution in [0.2, 0.25) is 0 Å². The van der Waals surface area contributed by atoms with E-state index in [1.807, 2.05) is 0 Å². The Morgan fingerprint density at radius 3 is 2.37 bits per heavy atom. The van der Waals surface area contributed by atoms with Gasteiger partial charge in [-0.15, -0.1) is 0 Å². The van der Waals surface area contributed by atoms with Gasteiger partial charge in [-0.2, -0.15) is 0 Å². The van der Waals surface area contributed by atoms with Gasteiger partial charge in [0, 0.05) is 33.5 Å². The topological polar surface area (TPSA) is 118 Å². The Kier molecular flexibility index (Phi) is 3.77. The molecule has 1 heterocycles. The van der Waals surface area contributed by atoms with Crippen LogP contribution in [-0.4, -0.2) is 19.2 Å². The SMILES string of the molecule is O=C1Nc2ccc(S(=O)(=O)Nc3cccc4c([N+](=O)[O-])cccc34)c3cccc1c23. The Balaban J connectivity index is 1.67. The molecule has 0 unspecified atom stereocenters. The average molecular weight is 419 g/mol. The quantitative estimate of drug-likeness (QED) is 0.378. The first-order chi connectivity index (χ1) is 14.4. The van der Waals surface area contributed by atoms with Crippen molar-refractivity contribution in [3.05, 3.63) is 82.4 Å². The summed E-state index contributed by atoms with van der Waals surface area (Å²) in [6.45, 7) is 0. The van der Waals surface area contributed by atoms with Gasteiger partial charge in [-0.1, -0.05) is 30.3 Å². The number of fused-ring (bicyclic) bond motifs is 1. The second-order valence-corrected chi connectivity index (χ2v) is 8.48. The molecule has 0 saturated carbocycles. The van der Waals surface area contributed by atoms with Crippen LogP contribution in [0.5, 0.6) is 0 Å². The molecule has 1 amide bonds. The molecule has 148 valence electrons. The van der Waals surface area contributed by atoms with Crippen molar-refractivity contribution in [2.45, 2.75) is 4.90 Å². The van der Waals surface area contributed by atoms with Crippen molar-refractivity contribution >= 4 is 54.5 Å². The summed E-state index contributed by atoms with van der Waals surface area (Å²) >= 11 is 0. The minimum atomic E-state index is -4.05. The maximum atomic E-state index is 13.3. The highest BCUT2D eigenvalue weighted by Crippen LogP contribution is 2.38. The number of carbonyl (C=O) groups excluding carboxylic acids is 1. The number of hydrogen-bond donors (Lipinski definition) is 2. The summed E-state index contributed by atoms with van der Waals surface area (Å²) in [5.41, 5.74) is 1.10. The molecule has 2 N–H and O–H groups in total. The number of carbonyl (C=O) groups is 1. The van der Waals surface area contributed by atoms with Gasteiger partial charge in [0.1, 0.15) is 0 Å². The Bertz CT molecular complexity index is 1510. The second kappa shape index (κ2) is 6.26. The van der Waals surface area contributed by atoms with Gasteiger partial charge in [0.25, 0.3) is 21.6 Å². The number of amides is 1. The third kappa shape index (κ3) is 2.60. The fourth-order valence-corrected chi connectivity index (χ4v) is 5.12. The molecule has 0 fully saturated rings. The predicted octanol–water partition coefficient (Wildman–Crippen LogP) is 4.27. The van der Waals surface area contributed by atoms with Gasteiger partial charge >= 0.3 is 0 Å². The molecule has 1 aliphatic rings. The zero-order chi connectivity index (χ0) is 21.0. The normalized spacial score (nSPS) is 12.9. The standard InChI is InChI=1S/C21H13N3O5S/c25-21-15-7-1-6-14-19(11-10-17(22-21)20(14)15)30(28,29)23-16-8-2-5-13-12(16)4-3-9-18(13)24(26)27/h1-11,23H,(H,22,25). The van der Waals surface area contributed by atoms with Crippen molar-refractivity contribution < 1.29 is 18.1 Å². The molecule has 0 aliphatic carbocycles. The van der Waals surface area contributed by atoms with E-state index in [1.165, 1.54) is 18.2 Å². The third-order valence-corrected chi connectivity index (χ3v) is 6.55. The van der Waals surface area contributed by atoms with Crippen LogP contribution < -0.4 is 10.0 Å². The largest absolute Gasteiger partial charge is 0.321 e. The molecule has 0 saturated heterocycles. The molecular formula is C21H13N3O5S. The lowest BCUT2D eigenvalue weighted by Crippen LogP contribution is -2.13. The molecule has 5 rings (SSSR count). The molecule has 4 aromatic carbocycles. The van der Waals surface area contributed by atoms with Gasteiger partial charge in [0.15, 0.2) is 0 Å². The number of nitrogens with one attached hydrogen (secondary N) is 2. The van der Waals surface area contributed by atoms with Crippen LogP contribution >= 0.6 is 0 Å². The summed E-state index contributed by atoms with van der Waals surface area (Å²) in [5, 5.41) is 15.8. The Morgan fingerprint density at radius 1 is 0.867 bits per heavy atom. The highest BCUT2D eigenvalue weighted by atomic mass is 32.2. The van der Waals surface area contributed by atoms with Gasteiger partial charge in [0.05, 0.1) is 20.9 Å². The molecule has 30 heavy (non-hydrogen) atoms. The minimum Gasteiger partial charge on any atom is -0.321 e. The average Bonchev–Trinajstić information content (AvgIpc) is 3.05. The van der Waals surface area contributed by atoms with Crippen molar-refractivity contribution in [3.63, 3.8) is 0 Å². The van der Waals surface area contributed by atoms with Crippen LogP contribution in [0.3, 0.4) is 0 Å². The molecule has 0 radical (unpaired) electrons. The lowest BCUT2D eigenvalue weighted by molar-refractivity contribution is -0.383. The van der Waals surface area contributed by atoms with Crippen LogP contribution in [0.15, 0.2) is 71.6 Å². The smallest absolute Gasteiger partial charge is 0.277 e. The van der Waals surface area contributed by atoms with Crippen LogP contribution in [0.1, 0.15) is 10.4 Å². The maximum absolute atomic E-state index is 13.3. The number of sulfonamides is 1. The number of non-ortho nitro benzene ring substituents is 1. The van der Waals surface area contributed by atoms with E-state index in [-0.39, 0.29) is 22.2 Å². The fourth-order valence-electron chi connectivity index (χ4n) is 3.84. The van der Waals surface area contributed by atoms with E-state index < -0.39 is 14.9 Å². The van der Waals surface area contributed by atoms with Crippen molar-refractivity contribution in [1.82, 2.24) is 0 Å². The van der Waals surface area contributed by atoms with Crippen molar-refractivity contribution in [2.75, 3.05) is 10.0 Å². The van der Waals surface area contributed by atoms with Crippen molar-refractivity contribution in [1.29, 1.82) is 0 Å². The molecule has 4 aromatic rings. The molecular weight excluding hydrogens is 406 g/mol. The maximum Gasteiger partial charge on any atom is 0.277 e. The van der Waals surface area contributed by atoms with Gasteiger partial charge in [-0.3, -0.25) is 19.6 Å². The van der Waals surface area contributed by atoms with Crippen molar-refractivity contribution in [3.8, 4) is 0 Å². The summed E-state index contributed by atoms with van der Waals surface area (Å²) in [7, 11) is -4.05. The van der Waals surface area contributed by atoms with E-state index in [1.54, 1.807) is 48.5 Å². The Morgan fingerprint density at radius 2 is 1.57 bits per heavy atom. The van der Waals surface area contributed by atoms with Crippen LogP contribution in [0, 0.1) is 10.1 Å². The van der Waals surface area contributed by atoms with Gasteiger partial charge in [-0.05, 0) is 30.3 Å². The van der Waals surface area contributed by atoms with Gasteiger partial charge < -0.3 is 5.32 Å². The summed E-state index contributed by atoms with van der Waals surface area (Å²) in [6.07, 6.45) is 0. The Labute approximate surface area is 170 Å². The highest BCUT2D eigenvalue weighted by molar-refractivity contribution is 7.93. The third-order valence-electron chi connectivity index (χ3n) is 5.12. The zero-order valence-corrected chi connectivity index (χ0v) is 16.1. The first kappa shape index (κ1) is 18.1. The van der Waals surface area contributed by atoms with Gasteiger partial charge in [-0.25, -0.2) is 8.42 Å². The van der Waals surface area contributed by atoms with Gasteiger partial charge in [0.2, 0.25) is 0 Å². The number of nitrogens with zero attached hydrogens (tertiary/aromatic N) is 1. The van der Waals surface area contributed by atoms with E-state index in [2.05, 4.69) is 10.0 Å². The lowest BCUT2D eigenvalue weighted by atomic mass is 10.1. The van der Waals surface area contributed by atoms with E-state index >= 15 is 0 Å². The molecule has 9 heteroatoms. The molecule has 0 bridgehead atoms. The molecule has 0 atom stereocenters. The summed E-state index contributed by atoms with van der Waals surface area (Å²) in [4.78, 5) is 22.9. The van der Waals surface area contributed by atoms with E-state index in [4.69, 9.17) is 0 Å². The molecule has 8 nitrogen and oxygen atoms in total. The van der Waals surface area contributed by atoms with E-state index in [0.29, 0.717) is 32.8 Å². The lowest BCUT2D eigenvalue weighted by Gasteiger charge is -2.13. The number of benzene rings is 4. The predicted molar refractivity (Wildman–Crippen MR) is 113 cm³/mol. The number of anilines is 2. The first-order valence-corrected chi connectivity index (χ1v) is 10.4. The molecule has 1 aliphatic heterocycles. The number of nitro groups is 1. The fraction of sp³-hybridized carbons (Fsp3) is 0. The van der Waals surface area contributed by atoms with E-state index in [0.717, 1.165) is 0 Å². The number of rotatable bonds is 4. The molecule has 0 spiro atoms. The number of hydrogen-bond acceptors (Lipinski definition) is 5. The summed E-state index contributed by atoms with van der Waals surface area (Å²) in [5.74, 6) is -0.278. The highest BCUT2D eigenvalue weighted by Gasteiger charge is 2.26.